The van der Waals surface area contributed by atoms with E-state index in [0.717, 1.165) is 0 Å². The van der Waals surface area contributed by atoms with Crippen LogP contribution in [-0.2, 0) is 23.2 Å². The first-order chi connectivity index (χ1) is 9.03. The molecule has 0 saturated carbocycles. The minimum absolute atomic E-state index is 0.000802. The molecule has 0 saturated heterocycles. The lowest BCUT2D eigenvalue weighted by molar-refractivity contribution is 0.282. The van der Waals surface area contributed by atoms with Gasteiger partial charge >= 0.3 is 0 Å². The lowest BCUT2D eigenvalue weighted by Crippen LogP contribution is -2.23. The van der Waals surface area contributed by atoms with Gasteiger partial charge in [-0.25, -0.2) is 17.5 Å². The van der Waals surface area contributed by atoms with Crippen molar-refractivity contribution in [3.63, 3.8) is 0 Å². The van der Waals surface area contributed by atoms with E-state index < -0.39 is 15.8 Å². The van der Waals surface area contributed by atoms with E-state index in [-0.39, 0.29) is 18.0 Å². The van der Waals surface area contributed by atoms with E-state index in [1.165, 1.54) is 35.6 Å². The van der Waals surface area contributed by atoms with Gasteiger partial charge < -0.3 is 5.11 Å². The molecule has 0 amide bonds. The molecule has 2 aromatic rings. The smallest absolute Gasteiger partial charge is 0.242 e. The van der Waals surface area contributed by atoms with Crippen molar-refractivity contribution in [3.05, 3.63) is 52.0 Å². The van der Waals surface area contributed by atoms with Gasteiger partial charge in [0.1, 0.15) is 5.82 Å². The van der Waals surface area contributed by atoms with Crippen LogP contribution in [0.15, 0.2) is 40.6 Å². The molecule has 0 radical (unpaired) electrons. The largest absolute Gasteiger partial charge is 0.391 e. The summed E-state index contributed by atoms with van der Waals surface area (Å²) < 4.78 is 39.4. The zero-order valence-corrected chi connectivity index (χ0v) is 11.5. The van der Waals surface area contributed by atoms with Crippen molar-refractivity contribution in [2.75, 3.05) is 0 Å². The molecular formula is C12H12FNO3S2. The summed E-state index contributed by atoms with van der Waals surface area (Å²) in [5.74, 6) is -0.414. The molecular weight excluding hydrogens is 289 g/mol. The average molecular weight is 301 g/mol. The highest BCUT2D eigenvalue weighted by atomic mass is 32.2. The van der Waals surface area contributed by atoms with E-state index >= 15 is 0 Å². The molecule has 1 heterocycles. The third kappa shape index (κ3) is 3.38. The van der Waals surface area contributed by atoms with Gasteiger partial charge in [-0.05, 0) is 29.1 Å². The van der Waals surface area contributed by atoms with E-state index in [1.807, 2.05) is 0 Å². The number of aliphatic hydroxyl groups is 1. The van der Waals surface area contributed by atoms with Gasteiger partial charge in [0.25, 0.3) is 0 Å². The first-order valence-corrected chi connectivity index (χ1v) is 7.80. The van der Waals surface area contributed by atoms with Crippen LogP contribution in [0.2, 0.25) is 0 Å². The molecule has 0 aliphatic rings. The second-order valence-corrected chi connectivity index (χ2v) is 6.56. The van der Waals surface area contributed by atoms with Crippen molar-refractivity contribution in [2.24, 2.45) is 0 Å². The Balaban J connectivity index is 2.14. The molecule has 19 heavy (non-hydrogen) atoms. The van der Waals surface area contributed by atoms with Gasteiger partial charge in [0.05, 0.1) is 11.5 Å². The number of thiophene rings is 1. The Hall–Kier alpha value is -1.28. The topological polar surface area (TPSA) is 66.4 Å². The summed E-state index contributed by atoms with van der Waals surface area (Å²) in [6.45, 7) is -0.325. The molecule has 0 unspecified atom stereocenters. The molecule has 1 aromatic heterocycles. The van der Waals surface area contributed by atoms with Crippen molar-refractivity contribution in [1.82, 2.24) is 4.72 Å². The maximum atomic E-state index is 13.0. The van der Waals surface area contributed by atoms with Crippen molar-refractivity contribution in [2.45, 2.75) is 18.0 Å². The number of hydrogen-bond acceptors (Lipinski definition) is 4. The number of sulfonamides is 1. The van der Waals surface area contributed by atoms with Crippen LogP contribution in [0.3, 0.4) is 0 Å². The summed E-state index contributed by atoms with van der Waals surface area (Å²) in [6.07, 6.45) is 0. The number of halogens is 1. The Morgan fingerprint density at radius 2 is 2.11 bits per heavy atom. The average Bonchev–Trinajstić information content (AvgIpc) is 2.86. The van der Waals surface area contributed by atoms with Crippen LogP contribution in [0.25, 0.3) is 0 Å². The standard InChI is InChI=1S/C12H12FNO3S2/c13-10-3-1-2-9(6-10)7-14-19(16,17)12-4-5-18-11(12)8-15/h1-6,14-15H,7-8H2. The van der Waals surface area contributed by atoms with Gasteiger partial charge in [0.2, 0.25) is 10.0 Å². The van der Waals surface area contributed by atoms with Crippen LogP contribution in [0.5, 0.6) is 0 Å². The molecule has 0 fully saturated rings. The minimum Gasteiger partial charge on any atom is -0.391 e. The SMILES string of the molecule is O=S(=O)(NCc1cccc(F)c1)c1ccsc1CO. The van der Waals surface area contributed by atoms with Crippen LogP contribution in [0, 0.1) is 5.82 Å². The predicted molar refractivity (Wildman–Crippen MR) is 70.7 cm³/mol. The normalized spacial score (nSPS) is 11.7. The van der Waals surface area contributed by atoms with Gasteiger partial charge in [-0.15, -0.1) is 11.3 Å². The fourth-order valence-electron chi connectivity index (χ4n) is 1.59. The Labute approximate surface area is 114 Å². The van der Waals surface area contributed by atoms with Gasteiger partial charge in [0, 0.05) is 11.4 Å². The second kappa shape index (κ2) is 5.79. The van der Waals surface area contributed by atoms with Crippen LogP contribution < -0.4 is 4.72 Å². The van der Waals surface area contributed by atoms with E-state index in [1.54, 1.807) is 11.4 Å². The molecule has 4 nitrogen and oxygen atoms in total. The first kappa shape index (κ1) is 14.1. The molecule has 2 rings (SSSR count). The number of nitrogens with one attached hydrogen (secondary N) is 1. The molecule has 0 bridgehead atoms. The Bertz CT molecular complexity index is 667. The molecule has 102 valence electrons. The van der Waals surface area contributed by atoms with Gasteiger partial charge in [0.15, 0.2) is 0 Å². The zero-order valence-electron chi connectivity index (χ0n) is 9.84. The van der Waals surface area contributed by atoms with Crippen LogP contribution in [0.4, 0.5) is 4.39 Å². The molecule has 0 aliphatic carbocycles. The lowest BCUT2D eigenvalue weighted by Gasteiger charge is -2.07. The quantitative estimate of drug-likeness (QED) is 0.886. The Morgan fingerprint density at radius 3 is 2.79 bits per heavy atom. The maximum absolute atomic E-state index is 13.0. The molecule has 0 spiro atoms. The first-order valence-electron chi connectivity index (χ1n) is 5.44. The lowest BCUT2D eigenvalue weighted by atomic mass is 10.2. The van der Waals surface area contributed by atoms with E-state index in [4.69, 9.17) is 5.11 Å². The highest BCUT2D eigenvalue weighted by Gasteiger charge is 2.18. The fraction of sp³-hybridized carbons (Fsp3) is 0.167. The van der Waals surface area contributed by atoms with Gasteiger partial charge in [-0.3, -0.25) is 0 Å². The summed E-state index contributed by atoms with van der Waals surface area (Å²) in [6, 6.07) is 7.14. The highest BCUT2D eigenvalue weighted by Crippen LogP contribution is 2.21. The van der Waals surface area contributed by atoms with Crippen molar-refractivity contribution in [3.8, 4) is 0 Å². The zero-order chi connectivity index (χ0) is 13.9. The summed E-state index contributed by atoms with van der Waals surface area (Å²) in [7, 11) is -3.69. The number of rotatable bonds is 5. The molecule has 0 aliphatic heterocycles. The van der Waals surface area contributed by atoms with Crippen LogP contribution >= 0.6 is 11.3 Å². The van der Waals surface area contributed by atoms with Gasteiger partial charge in [-0.1, -0.05) is 12.1 Å². The Morgan fingerprint density at radius 1 is 1.32 bits per heavy atom. The monoisotopic (exact) mass is 301 g/mol. The fourth-order valence-corrected chi connectivity index (χ4v) is 3.90. The number of hydrogen-bond donors (Lipinski definition) is 2. The molecule has 0 atom stereocenters. The predicted octanol–water partition coefficient (Wildman–Crippen LogP) is 1.86. The number of benzene rings is 1. The van der Waals surface area contributed by atoms with Crippen molar-refractivity contribution >= 4 is 21.4 Å². The third-order valence-corrected chi connectivity index (χ3v) is 5.01. The van der Waals surface area contributed by atoms with E-state index in [9.17, 15) is 12.8 Å². The van der Waals surface area contributed by atoms with Crippen LogP contribution in [-0.4, -0.2) is 13.5 Å². The summed E-state index contributed by atoms with van der Waals surface area (Å²) >= 11 is 1.17. The highest BCUT2D eigenvalue weighted by molar-refractivity contribution is 7.89. The second-order valence-electron chi connectivity index (χ2n) is 3.82. The molecule has 7 heteroatoms. The number of aliphatic hydroxyl groups excluding tert-OH is 1. The summed E-state index contributed by atoms with van der Waals surface area (Å²) in [4.78, 5) is 0.447. The van der Waals surface area contributed by atoms with Crippen molar-refractivity contribution in [1.29, 1.82) is 0 Å². The van der Waals surface area contributed by atoms with E-state index in [2.05, 4.69) is 4.72 Å². The minimum atomic E-state index is -3.69. The third-order valence-electron chi connectivity index (χ3n) is 2.49. The summed E-state index contributed by atoms with van der Waals surface area (Å²) in [5, 5.41) is 10.7. The Kier molecular flexibility index (Phi) is 4.31. The molecule has 1 aromatic carbocycles. The maximum Gasteiger partial charge on any atom is 0.242 e. The van der Waals surface area contributed by atoms with Crippen LogP contribution in [0.1, 0.15) is 10.4 Å². The van der Waals surface area contributed by atoms with Gasteiger partial charge in [-0.2, -0.15) is 0 Å². The van der Waals surface area contributed by atoms with E-state index in [0.29, 0.717) is 10.4 Å². The molecule has 2 N–H and O–H groups in total. The summed E-state index contributed by atoms with van der Waals surface area (Å²) in [5.41, 5.74) is 0.532. The van der Waals surface area contributed by atoms with Crippen molar-refractivity contribution < 1.29 is 17.9 Å².